The Bertz CT molecular complexity index is 610. The minimum Gasteiger partial charge on any atom is -0.0859 e. The maximum absolute atomic E-state index is 2.37. The fourth-order valence-corrected chi connectivity index (χ4v) is 2.82. The quantitative estimate of drug-likeness (QED) is 0.429. The molecule has 2 aromatic rings. The van der Waals surface area contributed by atoms with Gasteiger partial charge in [-0.15, -0.1) is 0 Å². The van der Waals surface area contributed by atoms with Crippen LogP contribution in [0, 0.1) is 12.8 Å². The van der Waals surface area contributed by atoms with Gasteiger partial charge in [-0.3, -0.25) is 0 Å². The van der Waals surface area contributed by atoms with E-state index in [4.69, 9.17) is 0 Å². The van der Waals surface area contributed by atoms with E-state index >= 15 is 0 Å². The van der Waals surface area contributed by atoms with Crippen LogP contribution in [0.3, 0.4) is 0 Å². The molecule has 0 spiro atoms. The van der Waals surface area contributed by atoms with Crippen LogP contribution in [0.1, 0.15) is 78.9 Å². The van der Waals surface area contributed by atoms with E-state index in [0.717, 1.165) is 5.92 Å². The molecule has 27 heavy (non-hydrogen) atoms. The Kier molecular flexibility index (Phi) is 14.2. The molecule has 1 atom stereocenters. The Balaban J connectivity index is 0.00000158. The maximum atomic E-state index is 2.37. The zero-order chi connectivity index (χ0) is 20.7. The summed E-state index contributed by atoms with van der Waals surface area (Å²) in [5, 5.41) is 0. The lowest BCUT2D eigenvalue weighted by Gasteiger charge is -2.10. The van der Waals surface area contributed by atoms with Crippen molar-refractivity contribution in [2.75, 3.05) is 0 Å². The second kappa shape index (κ2) is 15.3. The summed E-state index contributed by atoms with van der Waals surface area (Å²) in [6, 6.07) is 17.9. The third-order valence-electron chi connectivity index (χ3n) is 4.48. The summed E-state index contributed by atoms with van der Waals surface area (Å²) in [5.41, 5.74) is 6.81. The van der Waals surface area contributed by atoms with Crippen LogP contribution in [0.5, 0.6) is 0 Å². The van der Waals surface area contributed by atoms with Crippen molar-refractivity contribution in [3.63, 3.8) is 0 Å². The normalized spacial score (nSPS) is 10.7. The molecule has 0 nitrogen and oxygen atoms in total. The first-order chi connectivity index (χ1) is 13.0. The van der Waals surface area contributed by atoms with Gasteiger partial charge in [-0.05, 0) is 69.1 Å². The highest BCUT2D eigenvalue weighted by atomic mass is 14.1. The second-order valence-electron chi connectivity index (χ2n) is 7.07. The fraction of sp³-hybridized carbons (Fsp3) is 0.481. The summed E-state index contributed by atoms with van der Waals surface area (Å²) in [4.78, 5) is 0. The second-order valence-corrected chi connectivity index (χ2v) is 7.07. The molecule has 0 N–H and O–H groups in total. The molecule has 0 aliphatic heterocycles. The third-order valence-corrected chi connectivity index (χ3v) is 4.48. The molecule has 0 bridgehead atoms. The number of allylic oxidation sites excluding steroid dienone is 2. The number of aryl methyl sites for hydroxylation is 2. The highest BCUT2D eigenvalue weighted by Crippen LogP contribution is 2.22. The van der Waals surface area contributed by atoms with Crippen LogP contribution in [-0.2, 0) is 6.42 Å². The molecule has 0 heteroatoms. The predicted molar refractivity (Wildman–Crippen MR) is 125 cm³/mol. The molecule has 0 fully saturated rings. The van der Waals surface area contributed by atoms with Gasteiger partial charge in [0.2, 0.25) is 0 Å². The fourth-order valence-electron chi connectivity index (χ4n) is 2.82. The Morgan fingerprint density at radius 1 is 0.778 bits per heavy atom. The highest BCUT2D eigenvalue weighted by Gasteiger charge is 2.03. The van der Waals surface area contributed by atoms with E-state index < -0.39 is 0 Å². The van der Waals surface area contributed by atoms with Crippen molar-refractivity contribution in [2.45, 2.75) is 81.1 Å². The molecule has 150 valence electrons. The Hall–Kier alpha value is -1.82. The molecule has 0 radical (unpaired) electrons. The van der Waals surface area contributed by atoms with Gasteiger partial charge in [-0.25, -0.2) is 0 Å². The van der Waals surface area contributed by atoms with Gasteiger partial charge in [0.05, 0.1) is 0 Å². The summed E-state index contributed by atoms with van der Waals surface area (Å²) < 4.78 is 0. The zero-order valence-electron chi connectivity index (χ0n) is 19.1. The SMILES string of the molecule is CC.CC.CC(C)=CCCC(C)CCc1ccc(-c2ccc(C)cc2)cc1. The molecule has 2 rings (SSSR count). The molecule has 0 aliphatic rings. The molecule has 2 aromatic carbocycles. The topological polar surface area (TPSA) is 0 Å². The third kappa shape index (κ3) is 10.8. The van der Waals surface area contributed by atoms with Crippen molar-refractivity contribution in [1.29, 1.82) is 0 Å². The van der Waals surface area contributed by atoms with Crippen LogP contribution in [0.15, 0.2) is 60.2 Å². The molecule has 0 aliphatic carbocycles. The van der Waals surface area contributed by atoms with Gasteiger partial charge >= 0.3 is 0 Å². The molecule has 0 saturated carbocycles. The van der Waals surface area contributed by atoms with Crippen molar-refractivity contribution in [3.05, 3.63) is 71.3 Å². The summed E-state index contributed by atoms with van der Waals surface area (Å²) in [5.74, 6) is 0.794. The van der Waals surface area contributed by atoms with Gasteiger partial charge < -0.3 is 0 Å². The van der Waals surface area contributed by atoms with E-state index in [1.807, 2.05) is 27.7 Å². The van der Waals surface area contributed by atoms with Crippen LogP contribution < -0.4 is 0 Å². The first-order valence-electron chi connectivity index (χ1n) is 10.8. The van der Waals surface area contributed by atoms with E-state index in [1.165, 1.54) is 53.5 Å². The van der Waals surface area contributed by atoms with E-state index in [9.17, 15) is 0 Å². The summed E-state index contributed by atoms with van der Waals surface area (Å²) >= 11 is 0. The minimum atomic E-state index is 0.794. The van der Waals surface area contributed by atoms with Crippen molar-refractivity contribution < 1.29 is 0 Å². The van der Waals surface area contributed by atoms with Crippen LogP contribution in [0.25, 0.3) is 11.1 Å². The molecule has 0 amide bonds. The lowest BCUT2D eigenvalue weighted by atomic mass is 9.95. The Morgan fingerprint density at radius 2 is 1.26 bits per heavy atom. The number of hydrogen-bond acceptors (Lipinski definition) is 0. The van der Waals surface area contributed by atoms with E-state index in [1.54, 1.807) is 0 Å². The van der Waals surface area contributed by atoms with E-state index in [2.05, 4.69) is 82.3 Å². The number of hydrogen-bond donors (Lipinski definition) is 0. The monoisotopic (exact) mass is 366 g/mol. The van der Waals surface area contributed by atoms with Gasteiger partial charge in [0, 0.05) is 0 Å². The van der Waals surface area contributed by atoms with Crippen molar-refractivity contribution in [3.8, 4) is 11.1 Å². The van der Waals surface area contributed by atoms with E-state index in [-0.39, 0.29) is 0 Å². The molecule has 1 unspecified atom stereocenters. The lowest BCUT2D eigenvalue weighted by molar-refractivity contribution is 0.497. The predicted octanol–water partition coefficient (Wildman–Crippen LogP) is 9.03. The first kappa shape index (κ1) is 25.2. The van der Waals surface area contributed by atoms with Crippen molar-refractivity contribution >= 4 is 0 Å². The highest BCUT2D eigenvalue weighted by molar-refractivity contribution is 5.63. The smallest absolute Gasteiger partial charge is 0.0184 e. The van der Waals surface area contributed by atoms with Crippen molar-refractivity contribution in [2.24, 2.45) is 5.92 Å². The molecule has 0 aromatic heterocycles. The van der Waals surface area contributed by atoms with Gasteiger partial charge in [0.15, 0.2) is 0 Å². The van der Waals surface area contributed by atoms with Crippen LogP contribution >= 0.6 is 0 Å². The summed E-state index contributed by atoms with van der Waals surface area (Å²) in [6.07, 6.45) is 7.33. The molecule has 0 heterocycles. The Morgan fingerprint density at radius 3 is 1.74 bits per heavy atom. The number of rotatable bonds is 7. The van der Waals surface area contributed by atoms with E-state index in [0.29, 0.717) is 0 Å². The lowest BCUT2D eigenvalue weighted by Crippen LogP contribution is -1.97. The minimum absolute atomic E-state index is 0.794. The average molecular weight is 367 g/mol. The van der Waals surface area contributed by atoms with Crippen LogP contribution in [0.4, 0.5) is 0 Å². The van der Waals surface area contributed by atoms with Gasteiger partial charge in [0.25, 0.3) is 0 Å². The summed E-state index contributed by atoms with van der Waals surface area (Å²) in [6.45, 7) is 16.9. The molecular formula is C27H42. The van der Waals surface area contributed by atoms with Crippen molar-refractivity contribution in [1.82, 2.24) is 0 Å². The standard InChI is InChI=1S/C23H30.2C2H6/c1-18(2)6-5-7-19(3)8-11-21-12-16-23(17-13-21)22-14-9-20(4)10-15-22;2*1-2/h6,9-10,12-17,19H,5,7-8,11H2,1-4H3;2*1-2H3. The van der Waals surface area contributed by atoms with Crippen LogP contribution in [-0.4, -0.2) is 0 Å². The van der Waals surface area contributed by atoms with Crippen LogP contribution in [0.2, 0.25) is 0 Å². The Labute approximate surface area is 169 Å². The molecule has 0 saturated heterocycles. The summed E-state index contributed by atoms with van der Waals surface area (Å²) in [7, 11) is 0. The largest absolute Gasteiger partial charge is 0.0859 e. The average Bonchev–Trinajstić information content (AvgIpc) is 2.70. The van der Waals surface area contributed by atoms with Gasteiger partial charge in [0.1, 0.15) is 0 Å². The van der Waals surface area contributed by atoms with Gasteiger partial charge in [-0.2, -0.15) is 0 Å². The van der Waals surface area contributed by atoms with Gasteiger partial charge in [-0.1, -0.05) is 100 Å². The zero-order valence-corrected chi connectivity index (χ0v) is 19.1. The molecular weight excluding hydrogens is 324 g/mol. The first-order valence-corrected chi connectivity index (χ1v) is 10.8. The maximum Gasteiger partial charge on any atom is -0.0184 e. The number of benzene rings is 2.